The minimum atomic E-state index is -4.64. The third kappa shape index (κ3) is 14.6. The molecular weight excluding hydrogens is 557 g/mol. The maximum atomic E-state index is 12.5. The topological polar surface area (TPSA) is 329 Å². The lowest BCUT2D eigenvalue weighted by Gasteiger charge is -2.18. The van der Waals surface area contributed by atoms with Gasteiger partial charge in [-0.25, -0.2) is 13.7 Å². The van der Waals surface area contributed by atoms with Crippen LogP contribution in [0.15, 0.2) is 35.3 Å². The Balaban J connectivity index is 0.000000672. The Morgan fingerprint density at radius 3 is 1.67 bits per heavy atom. The molecule has 36 heavy (non-hydrogen) atoms. The van der Waals surface area contributed by atoms with Crippen molar-refractivity contribution in [1.82, 2.24) is 4.57 Å². The number of nitrogens with zero attached hydrogens (tertiary/aromatic N) is 2. The molecule has 2 aromatic rings. The molecule has 4 atom stereocenters. The predicted octanol–water partition coefficient (Wildman–Crippen LogP) is -2.27. The fourth-order valence-electron chi connectivity index (χ4n) is 2.58. The summed E-state index contributed by atoms with van der Waals surface area (Å²) in [6.07, 6.45) is -2.18. The summed E-state index contributed by atoms with van der Waals surface area (Å²) in [4.78, 5) is 77.2. The highest BCUT2D eigenvalue weighted by molar-refractivity contribution is 7.45. The molecule has 1 aliphatic rings. The Kier molecular flexibility index (Phi) is 12.9. The van der Waals surface area contributed by atoms with E-state index in [2.05, 4.69) is 0 Å². The molecule has 3 rings (SSSR count). The number of phosphoric acid groups is 3. The largest absolute Gasteiger partial charge is 0.466 e. The molecule has 1 aromatic carbocycles. The molecule has 0 saturated carbocycles. The van der Waals surface area contributed by atoms with E-state index < -0.39 is 48.0 Å². The smallest absolute Gasteiger partial charge is 0.388 e. The Labute approximate surface area is 201 Å². The highest BCUT2D eigenvalue weighted by atomic mass is 31.2. The van der Waals surface area contributed by atoms with Gasteiger partial charge in [-0.1, -0.05) is 6.07 Å². The third-order valence-electron chi connectivity index (χ3n) is 3.81. The predicted molar refractivity (Wildman–Crippen MR) is 117 cm³/mol. The normalized spacial score (nSPS) is 21.6. The van der Waals surface area contributed by atoms with Crippen LogP contribution >= 0.6 is 23.5 Å². The van der Waals surface area contributed by atoms with Crippen LogP contribution < -0.4 is 5.56 Å². The summed E-state index contributed by atoms with van der Waals surface area (Å²) in [5.74, 6) is 0. The summed E-state index contributed by atoms with van der Waals surface area (Å²) >= 11 is 0. The standard InChI is InChI=1S/C15H14N2O4.3H3O4P/c1-8-12(18)13(19)15(21-8)17-5-4-10-3-2-9(7-16)6-11(10)14(17)20;3*1-5(2,3)4/h2-6,8,12-13,15,18-19H,1H3;3*(H3,1,2,3,4). The van der Waals surface area contributed by atoms with Crippen molar-refractivity contribution in [3.63, 3.8) is 0 Å². The zero-order chi connectivity index (χ0) is 28.6. The minimum Gasteiger partial charge on any atom is -0.388 e. The van der Waals surface area contributed by atoms with Gasteiger partial charge in [-0.15, -0.1) is 0 Å². The number of rotatable bonds is 1. The average molecular weight is 580 g/mol. The first-order valence-electron chi connectivity index (χ1n) is 8.94. The Morgan fingerprint density at radius 1 is 0.861 bits per heavy atom. The summed E-state index contributed by atoms with van der Waals surface area (Å²) in [6, 6.07) is 8.55. The summed E-state index contributed by atoms with van der Waals surface area (Å²) in [6.45, 7) is 1.63. The monoisotopic (exact) mass is 580 g/mol. The Bertz CT molecular complexity index is 1190. The van der Waals surface area contributed by atoms with E-state index in [4.69, 9.17) is 67.7 Å². The molecular formula is C15H23N2O16P3. The van der Waals surface area contributed by atoms with E-state index in [-0.39, 0.29) is 5.56 Å². The van der Waals surface area contributed by atoms with Gasteiger partial charge in [-0.2, -0.15) is 5.26 Å². The lowest BCUT2D eigenvalue weighted by Crippen LogP contribution is -2.34. The van der Waals surface area contributed by atoms with Crippen molar-refractivity contribution in [2.24, 2.45) is 0 Å². The van der Waals surface area contributed by atoms with Crippen LogP contribution in [-0.2, 0) is 18.4 Å². The second-order valence-electron chi connectivity index (χ2n) is 6.69. The van der Waals surface area contributed by atoms with Gasteiger partial charge in [0.1, 0.15) is 12.2 Å². The molecule has 1 aliphatic heterocycles. The molecule has 1 aromatic heterocycles. The number of aromatic nitrogens is 1. The van der Waals surface area contributed by atoms with Crippen molar-refractivity contribution >= 4 is 34.2 Å². The number of nitriles is 1. The summed E-state index contributed by atoms with van der Waals surface area (Å²) in [7, 11) is -13.9. The van der Waals surface area contributed by atoms with Crippen LogP contribution in [0.3, 0.4) is 0 Å². The molecule has 1 saturated heterocycles. The lowest BCUT2D eigenvalue weighted by molar-refractivity contribution is -0.0339. The number of hydrogen-bond donors (Lipinski definition) is 11. The van der Waals surface area contributed by atoms with Gasteiger partial charge >= 0.3 is 23.5 Å². The van der Waals surface area contributed by atoms with E-state index >= 15 is 0 Å². The van der Waals surface area contributed by atoms with E-state index in [0.717, 1.165) is 0 Å². The molecule has 0 spiro atoms. The van der Waals surface area contributed by atoms with Gasteiger partial charge in [0.05, 0.1) is 17.7 Å². The number of fused-ring (bicyclic) bond motifs is 1. The molecule has 0 radical (unpaired) electrons. The second kappa shape index (κ2) is 13.6. The van der Waals surface area contributed by atoms with Crippen LogP contribution in [0.5, 0.6) is 0 Å². The number of aliphatic hydroxyl groups excluding tert-OH is 2. The van der Waals surface area contributed by atoms with E-state index in [9.17, 15) is 15.0 Å². The first-order valence-corrected chi connectivity index (χ1v) is 13.6. The van der Waals surface area contributed by atoms with Crippen LogP contribution in [0, 0.1) is 11.3 Å². The Hall–Kier alpha value is -1.87. The molecule has 1 fully saturated rings. The van der Waals surface area contributed by atoms with Crippen molar-refractivity contribution in [1.29, 1.82) is 5.26 Å². The number of ether oxygens (including phenoxy) is 1. The lowest BCUT2D eigenvalue weighted by atomic mass is 10.1. The van der Waals surface area contributed by atoms with Crippen molar-refractivity contribution in [3.05, 3.63) is 46.4 Å². The van der Waals surface area contributed by atoms with Crippen LogP contribution in [0.2, 0.25) is 0 Å². The van der Waals surface area contributed by atoms with Gasteiger partial charge < -0.3 is 59.0 Å². The van der Waals surface area contributed by atoms with Crippen LogP contribution in [-0.4, -0.2) is 77.1 Å². The molecule has 2 heterocycles. The van der Waals surface area contributed by atoms with Gasteiger partial charge in [0.15, 0.2) is 6.23 Å². The zero-order valence-corrected chi connectivity index (χ0v) is 20.6. The second-order valence-corrected chi connectivity index (χ2v) is 9.77. The third-order valence-corrected chi connectivity index (χ3v) is 3.81. The fraction of sp³-hybridized carbons (Fsp3) is 0.333. The summed E-state index contributed by atoms with van der Waals surface area (Å²) in [5.41, 5.74) is 0.0218. The zero-order valence-electron chi connectivity index (χ0n) is 17.9. The molecule has 11 N–H and O–H groups in total. The molecule has 4 unspecified atom stereocenters. The number of pyridine rings is 1. The summed E-state index contributed by atoms with van der Waals surface area (Å²) < 4.78 is 33.4. The van der Waals surface area contributed by atoms with E-state index in [1.807, 2.05) is 6.07 Å². The highest BCUT2D eigenvalue weighted by Crippen LogP contribution is 2.29. The first kappa shape index (κ1) is 34.1. The molecule has 0 aliphatic carbocycles. The molecule has 0 bridgehead atoms. The minimum absolute atomic E-state index is 0.366. The van der Waals surface area contributed by atoms with Crippen LogP contribution in [0.25, 0.3) is 10.8 Å². The van der Waals surface area contributed by atoms with Gasteiger partial charge in [-0.3, -0.25) is 9.36 Å². The number of benzene rings is 1. The van der Waals surface area contributed by atoms with Gasteiger partial charge in [-0.05, 0) is 30.5 Å². The summed E-state index contributed by atoms with van der Waals surface area (Å²) in [5, 5.41) is 29.7. The van der Waals surface area contributed by atoms with Crippen molar-refractivity contribution in [2.75, 3.05) is 0 Å². The van der Waals surface area contributed by atoms with E-state index in [1.165, 1.54) is 16.8 Å². The molecule has 204 valence electrons. The molecule has 0 amide bonds. The molecule has 21 heteroatoms. The maximum Gasteiger partial charge on any atom is 0.466 e. The number of aliphatic hydroxyl groups is 2. The van der Waals surface area contributed by atoms with Gasteiger partial charge in [0.25, 0.3) is 5.56 Å². The molecule has 18 nitrogen and oxygen atoms in total. The fourth-order valence-corrected chi connectivity index (χ4v) is 2.58. The highest BCUT2D eigenvalue weighted by Gasteiger charge is 2.41. The van der Waals surface area contributed by atoms with Crippen molar-refractivity contribution in [3.8, 4) is 6.07 Å². The number of hydrogen-bond acceptors (Lipinski definition) is 8. The Morgan fingerprint density at radius 2 is 1.31 bits per heavy atom. The first-order chi connectivity index (χ1) is 16.0. The quantitative estimate of drug-likeness (QED) is 0.158. The van der Waals surface area contributed by atoms with Crippen LogP contribution in [0.1, 0.15) is 18.7 Å². The van der Waals surface area contributed by atoms with Gasteiger partial charge in [0.2, 0.25) is 0 Å². The maximum absolute atomic E-state index is 12.5. The van der Waals surface area contributed by atoms with Crippen LogP contribution in [0.4, 0.5) is 0 Å². The van der Waals surface area contributed by atoms with E-state index in [0.29, 0.717) is 16.3 Å². The van der Waals surface area contributed by atoms with Crippen molar-refractivity contribution < 1.29 is 72.7 Å². The van der Waals surface area contributed by atoms with Gasteiger partial charge in [0, 0.05) is 11.6 Å². The average Bonchev–Trinajstić information content (AvgIpc) is 2.91. The van der Waals surface area contributed by atoms with E-state index in [1.54, 1.807) is 25.1 Å². The van der Waals surface area contributed by atoms with Crippen molar-refractivity contribution in [2.45, 2.75) is 31.5 Å². The SMILES string of the molecule is CC1OC(n2ccc3ccc(C#N)cc3c2=O)C(O)C1O.O=P(O)(O)O.O=P(O)(O)O.O=P(O)(O)O.